The molecule has 658 valence electrons. The Morgan fingerprint density at radius 3 is 1.19 bits per heavy atom. The zero-order valence-corrected chi connectivity index (χ0v) is 80.9. The van der Waals surface area contributed by atoms with Crippen LogP contribution in [0.15, 0.2) is 227 Å². The van der Waals surface area contributed by atoms with E-state index in [0.29, 0.717) is 110 Å². The minimum Gasteiger partial charge on any atom is -0.478 e. The number of amides is 3. The molecule has 0 radical (unpaired) electrons. The van der Waals surface area contributed by atoms with Crippen molar-refractivity contribution < 1.29 is 81.9 Å². The first-order valence-electron chi connectivity index (χ1n) is 37.6. The van der Waals surface area contributed by atoms with Gasteiger partial charge in [-0.3, -0.25) is 24.0 Å². The molecule has 11 heterocycles. The number of nitrogens with one attached hydrogen (secondary N) is 3. The molecule has 0 saturated carbocycles. The molecule has 16 aromatic rings. The quantitative estimate of drug-likeness (QED) is 0.0246. The minimum atomic E-state index is -3.63. The first kappa shape index (κ1) is 97.4. The molecule has 3 amide bonds. The first-order chi connectivity index (χ1) is 61.6. The Labute approximate surface area is 806 Å². The van der Waals surface area contributed by atoms with Crippen LogP contribution in [0.25, 0.3) is 65.4 Å². The fraction of sp³-hybridized carbons (Fsp3) is 0.0870. The van der Waals surface area contributed by atoms with Gasteiger partial charge in [0.2, 0.25) is 0 Å². The lowest BCUT2D eigenvalue weighted by Crippen LogP contribution is -2.14. The van der Waals surface area contributed by atoms with Crippen LogP contribution < -0.4 is 16.0 Å². The van der Waals surface area contributed by atoms with Crippen LogP contribution in [-0.2, 0) is 22.7 Å². The van der Waals surface area contributed by atoms with E-state index in [9.17, 15) is 81.9 Å². The summed E-state index contributed by atoms with van der Waals surface area (Å²) in [5, 5.41) is 79.6. The average molecular weight is 2050 g/mol. The van der Waals surface area contributed by atoms with Gasteiger partial charge in [0.05, 0.1) is 52.1 Å². The fourth-order valence-electron chi connectivity index (χ4n) is 12.4. The number of benzene rings is 5. The van der Waals surface area contributed by atoms with Crippen molar-refractivity contribution in [2.75, 3.05) is 16.0 Å². The lowest BCUT2D eigenvalue weighted by atomic mass is 9.99. The molecule has 20 nitrogen and oxygen atoms in total. The van der Waals surface area contributed by atoms with Crippen molar-refractivity contribution in [1.29, 1.82) is 0 Å². The van der Waals surface area contributed by atoms with E-state index in [2.05, 4.69) is 16.0 Å². The van der Waals surface area contributed by atoms with Gasteiger partial charge < -0.3 is 41.5 Å². The van der Waals surface area contributed by atoms with Crippen LogP contribution in [0.2, 0.25) is 25.1 Å². The summed E-state index contributed by atoms with van der Waals surface area (Å²) in [5.74, 6) is -6.84. The van der Waals surface area contributed by atoms with E-state index in [-0.39, 0.29) is 79.0 Å². The molecule has 16 rings (SSSR count). The van der Waals surface area contributed by atoms with Crippen LogP contribution in [0.5, 0.6) is 0 Å². The lowest BCUT2D eigenvalue weighted by molar-refractivity contribution is 0.0686. The number of anilines is 3. The van der Waals surface area contributed by atoms with Gasteiger partial charge in [0, 0.05) is 113 Å². The van der Waals surface area contributed by atoms with Gasteiger partial charge in [-0.25, -0.2) is 32.4 Å². The molecule has 0 saturated heterocycles. The van der Waals surface area contributed by atoms with E-state index in [1.807, 2.05) is 85.4 Å². The molecule has 37 heteroatoms. The third-order valence-corrected chi connectivity index (χ3v) is 33.2. The number of carboxylic acids is 5. The van der Waals surface area contributed by atoms with Crippen molar-refractivity contribution in [2.24, 2.45) is 0 Å². The summed E-state index contributed by atoms with van der Waals surface area (Å²) in [4.78, 5) is 126. The molecule has 11 aromatic heterocycles. The highest BCUT2D eigenvalue weighted by Crippen LogP contribution is 2.44. The predicted molar refractivity (Wildman–Crippen MR) is 530 cm³/mol. The Balaban J connectivity index is 0.000000147. The number of rotatable bonds is 25. The summed E-state index contributed by atoms with van der Waals surface area (Å²) in [7, 11) is -3.63. The summed E-state index contributed by atoms with van der Waals surface area (Å²) in [5.41, 5.74) is 11.1. The normalized spacial score (nSPS) is 10.9. The van der Waals surface area contributed by atoms with Gasteiger partial charge in [-0.1, -0.05) is 131 Å². The van der Waals surface area contributed by atoms with E-state index in [0.717, 1.165) is 60.2 Å². The molecule has 0 aliphatic heterocycles. The Hall–Kier alpha value is -10.7. The maximum atomic E-state index is 12.8. The maximum Gasteiger partial charge on any atom is 0.339 e. The number of carbonyl (C=O) groups is 10. The molecular formula is C92H66Cl5N3O17S12. The topological polar surface area (TPSA) is 342 Å². The molecule has 0 fully saturated rings. The van der Waals surface area contributed by atoms with E-state index in [1.165, 1.54) is 110 Å². The molecule has 0 aliphatic carbocycles. The second-order valence-electron chi connectivity index (χ2n) is 27.8. The summed E-state index contributed by atoms with van der Waals surface area (Å²) in [6.45, 7) is 8.92. The van der Waals surface area contributed by atoms with Crippen LogP contribution in [0.3, 0.4) is 0 Å². The van der Waals surface area contributed by atoms with Crippen molar-refractivity contribution >= 4 is 267 Å². The monoisotopic (exact) mass is 2040 g/mol. The van der Waals surface area contributed by atoms with Crippen molar-refractivity contribution in [3.05, 3.63) is 327 Å². The highest BCUT2D eigenvalue weighted by molar-refractivity contribution is 7.92. The molecular weight excluding hydrogens is 1980 g/mol. The van der Waals surface area contributed by atoms with Gasteiger partial charge in [0.1, 0.15) is 31.7 Å². The molecule has 8 N–H and O–H groups in total. The highest BCUT2D eigenvalue weighted by Gasteiger charge is 2.32. The number of Topliss-reactive ketones (excluding diaryl/α,β-unsaturated/α-hetero) is 2. The van der Waals surface area contributed by atoms with E-state index in [4.69, 9.17) is 58.0 Å². The van der Waals surface area contributed by atoms with E-state index in [1.54, 1.807) is 164 Å². The number of hydrogen-bond donors (Lipinski definition) is 8. The second-order valence-corrected chi connectivity index (χ2v) is 42.4. The zero-order valence-electron chi connectivity index (χ0n) is 67.4. The summed E-state index contributed by atoms with van der Waals surface area (Å²) in [6, 6.07) is 46.5. The Bertz CT molecular complexity index is 6990. The third-order valence-electron chi connectivity index (χ3n) is 19.1. The van der Waals surface area contributed by atoms with Gasteiger partial charge in [-0.05, 0) is 196 Å². The summed E-state index contributed by atoms with van der Waals surface area (Å²) >= 11 is 44.2. The van der Waals surface area contributed by atoms with Crippen molar-refractivity contribution in [1.82, 2.24) is 0 Å². The fourth-order valence-corrected chi connectivity index (χ4v) is 24.9. The van der Waals surface area contributed by atoms with Crippen molar-refractivity contribution in [3.63, 3.8) is 0 Å². The third kappa shape index (κ3) is 23.7. The SMILES string of the molecule is CC(C)S(=O)(=O)c1csc(C(=O)Cc2scc(-c3ccc(Cl)cc3)c2C(=O)O)c1Cl.Cc1ccc(-c2csc(NC(=O)c3ccsc3)c2C(=O)O)cc1C.Cc1ccsc1C(=O)Nc1scc(-c2cccc(Cl)c2)c1C(=O)O.O=C(Cc1scc(-c2ccc(Cl)cc2)c1C(=O)O)c1ccc(-c2cccs2)s1.O=C(Nc1scc(-c2cccc(Cl)c2)c1C(=O)O)c1ccsc1. The molecule has 0 spiro atoms. The molecule has 0 atom stereocenters. The molecule has 0 unspecified atom stereocenters. The van der Waals surface area contributed by atoms with Crippen molar-refractivity contribution in [2.45, 2.75) is 57.6 Å². The highest BCUT2D eigenvalue weighted by atomic mass is 35.5. The van der Waals surface area contributed by atoms with Crippen LogP contribution in [0, 0.1) is 20.8 Å². The summed E-state index contributed by atoms with van der Waals surface area (Å²) < 4.78 is 24.8. The Kier molecular flexibility index (Phi) is 33.1. The first-order valence-corrected chi connectivity index (χ1v) is 50.8. The number of halogens is 5. The van der Waals surface area contributed by atoms with Gasteiger partial charge >= 0.3 is 29.8 Å². The Morgan fingerprint density at radius 1 is 0.357 bits per heavy atom. The van der Waals surface area contributed by atoms with Crippen molar-refractivity contribution in [3.8, 4) is 65.4 Å². The van der Waals surface area contributed by atoms with Gasteiger partial charge in [-0.2, -0.15) is 22.7 Å². The van der Waals surface area contributed by atoms with Crippen LogP contribution in [-0.4, -0.2) is 98.3 Å². The van der Waals surface area contributed by atoms with Gasteiger partial charge in [0.15, 0.2) is 21.4 Å². The van der Waals surface area contributed by atoms with Gasteiger partial charge in [0.25, 0.3) is 17.7 Å². The number of ketones is 2. The molecule has 0 aliphatic rings. The molecule has 0 bridgehead atoms. The number of hydrogen-bond acceptors (Lipinski definition) is 23. The predicted octanol–water partition coefficient (Wildman–Crippen LogP) is 28.6. The number of thiophene rings is 11. The largest absolute Gasteiger partial charge is 0.478 e. The minimum absolute atomic E-state index is 0.0402. The average Bonchev–Trinajstić information content (AvgIpc) is 1.65. The Morgan fingerprint density at radius 2 is 0.791 bits per heavy atom. The standard InChI is InChI=1S/C21H13ClO3S3.C20H16Cl2O5S3.C18H15NO3S2.C17H12ClNO3S2.C16H10ClNO3S2/c22-13-5-3-12(4-6-13)14-11-27-19(20(14)21(24)25)10-15(23)16-7-8-18(28-16)17-2-1-9-26-17;1-10(2)30(26,27)16-9-29-19(18(16)22)14(23)7-15-17(20(24)25)13(8-28-15)11-3-5-12(21)6-4-11;1-10-3-4-12(7-11(10)2)14-9-24-17(15(14)18(21)22)19-16(20)13-5-6-23-8-13;1-9-5-6-23-14(9)15(20)19-16-13(17(21)22)12(8-24-16)10-3-2-4-11(18)7-10;17-11-3-1-2-9(6-11)12-8-23-15(13(12)16(20)21)18-14(19)10-4-5-22-7-10/h1-9,11H,10H2,(H,24,25);3-6,8-10H,7H2,1-2H3,(H,24,25);3-9H,1-2H3,(H,19,20)(H,21,22);2-8H,1H3,(H,19,20)(H,21,22);1-8H,(H,18,19)(H,20,21). The van der Waals surface area contributed by atoms with Crippen LogP contribution in [0.4, 0.5) is 15.0 Å². The number of aromatic carboxylic acids is 5. The summed E-state index contributed by atoms with van der Waals surface area (Å²) in [6.07, 6.45) is -0.119. The maximum absolute atomic E-state index is 12.8. The van der Waals surface area contributed by atoms with Crippen LogP contribution in [0.1, 0.15) is 142 Å². The molecule has 129 heavy (non-hydrogen) atoms. The zero-order chi connectivity index (χ0) is 92.8. The number of sulfone groups is 1. The number of aryl methyl sites for hydroxylation is 3. The smallest absolute Gasteiger partial charge is 0.339 e. The van der Waals surface area contributed by atoms with Gasteiger partial charge in [-0.15, -0.1) is 102 Å². The second kappa shape index (κ2) is 43.8. The number of carboxylic acid groups (broad SMARTS) is 5. The molecule has 5 aromatic carbocycles. The van der Waals surface area contributed by atoms with Crippen LogP contribution >= 0.6 is 183 Å². The van der Waals surface area contributed by atoms with E-state index < -0.39 is 50.7 Å². The van der Waals surface area contributed by atoms with E-state index >= 15 is 0 Å². The number of carbonyl (C=O) groups excluding carboxylic acids is 5. The lowest BCUT2D eigenvalue weighted by Gasteiger charge is -2.07.